The van der Waals surface area contributed by atoms with Crippen LogP contribution in [0.25, 0.3) is 0 Å². The molecule has 2 aromatic rings. The number of amides is 1. The summed E-state index contributed by atoms with van der Waals surface area (Å²) in [7, 11) is 1.84. The van der Waals surface area contributed by atoms with Crippen molar-refractivity contribution in [3.63, 3.8) is 0 Å². The fourth-order valence-corrected chi connectivity index (χ4v) is 4.14. The highest BCUT2D eigenvalue weighted by molar-refractivity contribution is 5.93. The maximum absolute atomic E-state index is 12.2. The van der Waals surface area contributed by atoms with E-state index in [9.17, 15) is 4.79 Å². The highest BCUT2D eigenvalue weighted by atomic mass is 16.1. The summed E-state index contributed by atoms with van der Waals surface area (Å²) in [6.45, 7) is 2.68. The first-order chi connectivity index (χ1) is 14.2. The van der Waals surface area contributed by atoms with Gasteiger partial charge in [0.2, 0.25) is 5.91 Å². The van der Waals surface area contributed by atoms with Gasteiger partial charge in [0.25, 0.3) is 0 Å². The minimum atomic E-state index is 0.154. The van der Waals surface area contributed by atoms with Crippen molar-refractivity contribution in [2.24, 2.45) is 10.9 Å². The van der Waals surface area contributed by atoms with Crippen LogP contribution in [0.1, 0.15) is 42.7 Å². The Kier molecular flexibility index (Phi) is 6.13. The van der Waals surface area contributed by atoms with Crippen molar-refractivity contribution in [2.45, 2.75) is 38.1 Å². The summed E-state index contributed by atoms with van der Waals surface area (Å²) in [6, 6.07) is 18.8. The normalized spacial score (nSPS) is 19.7. The van der Waals surface area contributed by atoms with Gasteiger partial charge in [-0.15, -0.1) is 0 Å². The molecule has 1 heterocycles. The summed E-state index contributed by atoms with van der Waals surface area (Å²) in [4.78, 5) is 19.0. The Balaban J connectivity index is 1.32. The molecular formula is C24H30N4O. The average Bonchev–Trinajstić information content (AvgIpc) is 3.18. The zero-order valence-electron chi connectivity index (χ0n) is 17.1. The van der Waals surface area contributed by atoms with E-state index in [1.807, 2.05) is 25.2 Å². The van der Waals surface area contributed by atoms with Crippen molar-refractivity contribution in [3.8, 4) is 0 Å². The lowest BCUT2D eigenvalue weighted by Crippen LogP contribution is -2.39. The molecule has 2 fully saturated rings. The standard InChI is InChI=1S/C24H30N4O/c1-25-24(28-14-13-21(17-28)19-8-3-2-4-9-19)26-16-18-7-5-12-22(15-18)27-23(29)20-10-6-11-20/h2-5,7-9,12,15,20-21H,6,10-11,13-14,16-17H2,1H3,(H,25,26)(H,27,29). The second-order valence-electron chi connectivity index (χ2n) is 8.06. The van der Waals surface area contributed by atoms with Crippen LogP contribution < -0.4 is 10.6 Å². The molecule has 1 unspecified atom stereocenters. The first-order valence-electron chi connectivity index (χ1n) is 10.6. The molecule has 2 aliphatic rings. The van der Waals surface area contributed by atoms with E-state index < -0.39 is 0 Å². The van der Waals surface area contributed by atoms with E-state index in [2.05, 4.69) is 56.9 Å². The highest BCUT2D eigenvalue weighted by Crippen LogP contribution is 2.28. The van der Waals surface area contributed by atoms with Crippen LogP contribution in [0.4, 0.5) is 5.69 Å². The molecule has 1 saturated heterocycles. The van der Waals surface area contributed by atoms with E-state index in [0.29, 0.717) is 12.5 Å². The molecule has 5 heteroatoms. The van der Waals surface area contributed by atoms with Gasteiger partial charge in [-0.2, -0.15) is 0 Å². The summed E-state index contributed by atoms with van der Waals surface area (Å²) in [5.74, 6) is 1.84. The number of nitrogens with zero attached hydrogens (tertiary/aromatic N) is 2. The molecule has 29 heavy (non-hydrogen) atoms. The zero-order chi connectivity index (χ0) is 20.1. The van der Waals surface area contributed by atoms with E-state index in [-0.39, 0.29) is 11.8 Å². The second-order valence-corrected chi connectivity index (χ2v) is 8.06. The maximum atomic E-state index is 12.2. The van der Waals surface area contributed by atoms with Gasteiger partial charge in [0.15, 0.2) is 5.96 Å². The predicted molar refractivity (Wildman–Crippen MR) is 118 cm³/mol. The third-order valence-electron chi connectivity index (χ3n) is 6.09. The molecular weight excluding hydrogens is 360 g/mol. The van der Waals surface area contributed by atoms with Crippen molar-refractivity contribution in [1.82, 2.24) is 10.2 Å². The number of anilines is 1. The molecule has 1 atom stereocenters. The lowest BCUT2D eigenvalue weighted by atomic mass is 9.85. The molecule has 2 N–H and O–H groups in total. The van der Waals surface area contributed by atoms with Crippen molar-refractivity contribution in [1.29, 1.82) is 0 Å². The smallest absolute Gasteiger partial charge is 0.227 e. The maximum Gasteiger partial charge on any atom is 0.227 e. The molecule has 0 bridgehead atoms. The first kappa shape index (κ1) is 19.5. The van der Waals surface area contributed by atoms with Crippen LogP contribution in [-0.4, -0.2) is 36.9 Å². The molecule has 1 saturated carbocycles. The van der Waals surface area contributed by atoms with Gasteiger partial charge >= 0.3 is 0 Å². The third-order valence-corrected chi connectivity index (χ3v) is 6.09. The molecule has 0 radical (unpaired) electrons. The lowest BCUT2D eigenvalue weighted by Gasteiger charge is -2.24. The zero-order valence-corrected chi connectivity index (χ0v) is 17.1. The number of hydrogen-bond donors (Lipinski definition) is 2. The summed E-state index contributed by atoms with van der Waals surface area (Å²) >= 11 is 0. The van der Waals surface area contributed by atoms with E-state index in [1.54, 1.807) is 0 Å². The second kappa shape index (κ2) is 9.12. The number of nitrogens with one attached hydrogen (secondary N) is 2. The van der Waals surface area contributed by atoms with Gasteiger partial charge in [-0.3, -0.25) is 9.79 Å². The van der Waals surface area contributed by atoms with Gasteiger partial charge < -0.3 is 15.5 Å². The molecule has 2 aromatic carbocycles. The number of likely N-dealkylation sites (tertiary alicyclic amines) is 1. The predicted octanol–water partition coefficient (Wildman–Crippen LogP) is 3.99. The summed E-state index contributed by atoms with van der Waals surface area (Å²) in [5, 5.41) is 6.55. The van der Waals surface area contributed by atoms with Gasteiger partial charge in [-0.1, -0.05) is 48.9 Å². The van der Waals surface area contributed by atoms with Gasteiger partial charge in [0.1, 0.15) is 0 Å². The van der Waals surface area contributed by atoms with Crippen LogP contribution >= 0.6 is 0 Å². The van der Waals surface area contributed by atoms with E-state index in [4.69, 9.17) is 0 Å². The van der Waals surface area contributed by atoms with Crippen LogP contribution in [-0.2, 0) is 11.3 Å². The molecule has 4 rings (SSSR count). The quantitative estimate of drug-likeness (QED) is 0.600. The average molecular weight is 391 g/mol. The minimum absolute atomic E-state index is 0.154. The Labute approximate surface area is 173 Å². The summed E-state index contributed by atoms with van der Waals surface area (Å²) in [6.07, 6.45) is 4.35. The lowest BCUT2D eigenvalue weighted by molar-refractivity contribution is -0.122. The number of rotatable bonds is 5. The summed E-state index contributed by atoms with van der Waals surface area (Å²) < 4.78 is 0. The largest absolute Gasteiger partial charge is 0.352 e. The molecule has 5 nitrogen and oxygen atoms in total. The van der Waals surface area contributed by atoms with Crippen LogP contribution in [0.15, 0.2) is 59.6 Å². The Morgan fingerprint density at radius 1 is 1.10 bits per heavy atom. The molecule has 1 aliphatic carbocycles. The number of carbonyl (C=O) groups excluding carboxylic acids is 1. The fraction of sp³-hybridized carbons (Fsp3) is 0.417. The van der Waals surface area contributed by atoms with Gasteiger partial charge in [0.05, 0.1) is 0 Å². The number of benzene rings is 2. The van der Waals surface area contributed by atoms with Crippen LogP contribution in [0.2, 0.25) is 0 Å². The number of guanidine groups is 1. The Bertz CT molecular complexity index is 860. The van der Waals surface area contributed by atoms with Crippen molar-refractivity contribution >= 4 is 17.6 Å². The number of aliphatic imine (C=N–C) groups is 1. The van der Waals surface area contributed by atoms with Crippen LogP contribution in [0.5, 0.6) is 0 Å². The molecule has 1 aliphatic heterocycles. The molecule has 152 valence electrons. The van der Waals surface area contributed by atoms with E-state index in [0.717, 1.165) is 49.6 Å². The Hall–Kier alpha value is -2.82. The SMILES string of the molecule is CN=C(NCc1cccc(NC(=O)C2CCC2)c1)N1CCC(c2ccccc2)C1. The topological polar surface area (TPSA) is 56.7 Å². The molecule has 0 aromatic heterocycles. The minimum Gasteiger partial charge on any atom is -0.352 e. The molecule has 0 spiro atoms. The number of carbonyl (C=O) groups is 1. The van der Waals surface area contributed by atoms with Crippen molar-refractivity contribution in [3.05, 3.63) is 65.7 Å². The first-order valence-corrected chi connectivity index (χ1v) is 10.6. The highest BCUT2D eigenvalue weighted by Gasteiger charge is 2.26. The van der Waals surface area contributed by atoms with E-state index >= 15 is 0 Å². The van der Waals surface area contributed by atoms with Crippen molar-refractivity contribution in [2.75, 3.05) is 25.5 Å². The van der Waals surface area contributed by atoms with Gasteiger partial charge in [0, 0.05) is 44.2 Å². The monoisotopic (exact) mass is 390 g/mol. The number of hydrogen-bond acceptors (Lipinski definition) is 2. The molecule has 1 amide bonds. The Morgan fingerprint density at radius 2 is 1.93 bits per heavy atom. The van der Waals surface area contributed by atoms with Crippen LogP contribution in [0.3, 0.4) is 0 Å². The summed E-state index contributed by atoms with van der Waals surface area (Å²) in [5.41, 5.74) is 3.42. The van der Waals surface area contributed by atoms with E-state index in [1.165, 1.54) is 12.0 Å². The fourth-order valence-electron chi connectivity index (χ4n) is 4.14. The third kappa shape index (κ3) is 4.78. The van der Waals surface area contributed by atoms with Crippen LogP contribution in [0, 0.1) is 5.92 Å². The van der Waals surface area contributed by atoms with Crippen molar-refractivity contribution < 1.29 is 4.79 Å². The van der Waals surface area contributed by atoms with Gasteiger partial charge in [-0.05, 0) is 42.5 Å². The Morgan fingerprint density at radius 3 is 2.66 bits per heavy atom. The van der Waals surface area contributed by atoms with Gasteiger partial charge in [-0.25, -0.2) is 0 Å².